The number of aromatic hydroxyl groups is 1. The van der Waals surface area contributed by atoms with Crippen LogP contribution in [0.1, 0.15) is 92.9 Å². The summed E-state index contributed by atoms with van der Waals surface area (Å²) in [7, 11) is 6.38. The Balaban J connectivity index is 1.44. The summed E-state index contributed by atoms with van der Waals surface area (Å²) >= 11 is 2.33. The summed E-state index contributed by atoms with van der Waals surface area (Å²) in [5.74, 6) is 2.04. The van der Waals surface area contributed by atoms with Crippen molar-refractivity contribution < 1.29 is 43.1 Å². The number of piperidine rings is 1. The second-order valence-corrected chi connectivity index (χ2v) is 14.9. The van der Waals surface area contributed by atoms with Gasteiger partial charge in [-0.05, 0) is 110 Å². The summed E-state index contributed by atoms with van der Waals surface area (Å²) in [6, 6.07) is 15.7. The van der Waals surface area contributed by atoms with Gasteiger partial charge in [0.2, 0.25) is 11.7 Å². The topological polar surface area (TPSA) is 113 Å². The van der Waals surface area contributed by atoms with Crippen molar-refractivity contribution in [2.24, 2.45) is 5.92 Å². The number of aryl methyl sites for hydroxylation is 1. The number of likely N-dealkylation sites (tertiary alicyclic amines) is 1. The van der Waals surface area contributed by atoms with Gasteiger partial charge in [0.1, 0.15) is 17.9 Å². The zero-order chi connectivity index (χ0) is 37.7. The van der Waals surface area contributed by atoms with E-state index >= 15 is 4.79 Å². The molecular formula is C42H54INO9. The number of hydrogen-bond donors (Lipinski definition) is 1. The smallest absolute Gasteiger partial charge is 0.329 e. The third kappa shape index (κ3) is 10.2. The Morgan fingerprint density at radius 1 is 0.811 bits per heavy atom. The first kappa shape index (κ1) is 40.3. The number of carbonyl (C=O) groups is 2. The molecule has 1 amide bonds. The molecule has 1 aliphatic carbocycles. The molecule has 2 unspecified atom stereocenters. The van der Waals surface area contributed by atoms with Crippen molar-refractivity contribution >= 4 is 34.5 Å². The number of esters is 1. The summed E-state index contributed by atoms with van der Waals surface area (Å²) in [6.07, 6.45) is 8.49. The minimum Gasteiger partial charge on any atom is -0.508 e. The van der Waals surface area contributed by atoms with Crippen molar-refractivity contribution in [2.75, 3.05) is 46.0 Å². The molecule has 53 heavy (non-hydrogen) atoms. The summed E-state index contributed by atoms with van der Waals surface area (Å²) in [5, 5.41) is 10.4. The highest BCUT2D eigenvalue weighted by Gasteiger charge is 2.41. The second-order valence-electron chi connectivity index (χ2n) is 13.8. The number of phenolic OH excluding ortho intramolecular Hbond substituents is 1. The Kier molecular flexibility index (Phi) is 15.2. The molecule has 5 rings (SSSR count). The molecule has 11 heteroatoms. The second kappa shape index (κ2) is 20.0. The van der Waals surface area contributed by atoms with Crippen LogP contribution in [0.5, 0.6) is 34.5 Å². The van der Waals surface area contributed by atoms with Gasteiger partial charge in [-0.1, -0.05) is 60.1 Å². The van der Waals surface area contributed by atoms with Gasteiger partial charge in [0.05, 0.1) is 41.0 Å². The van der Waals surface area contributed by atoms with Crippen LogP contribution in [0.15, 0.2) is 54.6 Å². The molecule has 1 N–H and O–H groups in total. The number of methoxy groups -OCH3 is 4. The van der Waals surface area contributed by atoms with Crippen LogP contribution in [0.2, 0.25) is 0 Å². The predicted octanol–water partition coefficient (Wildman–Crippen LogP) is 8.59. The molecule has 1 saturated heterocycles. The van der Waals surface area contributed by atoms with E-state index in [9.17, 15) is 9.90 Å². The Labute approximate surface area is 327 Å². The molecule has 3 aromatic rings. The van der Waals surface area contributed by atoms with Crippen LogP contribution in [-0.4, -0.2) is 73.9 Å². The first-order chi connectivity index (χ1) is 25.8. The number of benzene rings is 3. The van der Waals surface area contributed by atoms with Gasteiger partial charge < -0.3 is 38.4 Å². The molecule has 0 aromatic heterocycles. The van der Waals surface area contributed by atoms with Gasteiger partial charge in [0.15, 0.2) is 23.0 Å². The summed E-state index contributed by atoms with van der Waals surface area (Å²) in [5.41, 5.74) is 2.49. The van der Waals surface area contributed by atoms with Crippen LogP contribution >= 0.6 is 22.6 Å². The normalized spacial score (nSPS) is 17.4. The fraction of sp³-hybridized carbons (Fsp3) is 0.524. The lowest BCUT2D eigenvalue weighted by molar-refractivity contribution is -0.163. The van der Waals surface area contributed by atoms with E-state index in [0.29, 0.717) is 66.7 Å². The van der Waals surface area contributed by atoms with E-state index in [1.807, 2.05) is 36.4 Å². The van der Waals surface area contributed by atoms with Gasteiger partial charge in [-0.15, -0.1) is 0 Å². The van der Waals surface area contributed by atoms with E-state index in [1.54, 1.807) is 51.5 Å². The van der Waals surface area contributed by atoms with Crippen LogP contribution in [-0.2, 0) is 20.7 Å². The van der Waals surface area contributed by atoms with E-state index in [1.165, 1.54) is 0 Å². The maximum atomic E-state index is 15.0. The van der Waals surface area contributed by atoms with Gasteiger partial charge in [-0.25, -0.2) is 4.79 Å². The molecule has 0 spiro atoms. The molecule has 1 heterocycles. The van der Waals surface area contributed by atoms with Gasteiger partial charge >= 0.3 is 5.97 Å². The zero-order valence-corrected chi connectivity index (χ0v) is 33.6. The highest BCUT2D eigenvalue weighted by Crippen LogP contribution is 2.45. The van der Waals surface area contributed by atoms with Crippen molar-refractivity contribution in [1.82, 2.24) is 4.90 Å². The van der Waals surface area contributed by atoms with Crippen molar-refractivity contribution in [1.29, 1.82) is 0 Å². The Bertz CT molecular complexity index is 1660. The molecule has 10 nitrogen and oxygen atoms in total. The molecule has 2 aliphatic rings. The fourth-order valence-corrected chi connectivity index (χ4v) is 8.06. The first-order valence-electron chi connectivity index (χ1n) is 18.8. The number of halogens is 1. The van der Waals surface area contributed by atoms with Crippen molar-refractivity contribution in [3.8, 4) is 34.5 Å². The number of nitrogens with zero attached hydrogens (tertiary/aromatic N) is 1. The molecular weight excluding hydrogens is 789 g/mol. The number of carbonyl (C=O) groups excluding carboxylic acids is 2. The minimum atomic E-state index is -0.734. The molecule has 0 bridgehead atoms. The number of hydrogen-bond acceptors (Lipinski definition) is 9. The third-order valence-electron chi connectivity index (χ3n) is 10.5. The summed E-state index contributed by atoms with van der Waals surface area (Å²) in [6.45, 7) is 0.983. The summed E-state index contributed by atoms with van der Waals surface area (Å²) < 4.78 is 35.9. The quantitative estimate of drug-likeness (QED) is 0.0618. The molecule has 288 valence electrons. The number of amides is 1. The molecule has 3 aromatic carbocycles. The number of ether oxygens (including phenoxy) is 6. The van der Waals surface area contributed by atoms with Crippen LogP contribution in [0.4, 0.5) is 0 Å². The average molecular weight is 844 g/mol. The largest absolute Gasteiger partial charge is 0.508 e. The lowest BCUT2D eigenvalue weighted by atomic mass is 9.75. The summed E-state index contributed by atoms with van der Waals surface area (Å²) in [4.78, 5) is 31.1. The number of alkyl halides is 1. The van der Waals surface area contributed by atoms with E-state index in [0.717, 1.165) is 66.9 Å². The highest BCUT2D eigenvalue weighted by atomic mass is 127. The van der Waals surface area contributed by atoms with Crippen molar-refractivity contribution in [2.45, 2.75) is 88.7 Å². The predicted molar refractivity (Wildman–Crippen MR) is 212 cm³/mol. The Morgan fingerprint density at radius 2 is 1.55 bits per heavy atom. The molecule has 1 saturated carbocycles. The Hall–Kier alpha value is -3.87. The standard InChI is InChI=1S/C42H54INO9/c1-48-35-20-18-28(24-36(35)49-2)17-19-34(30-14-10-15-32(45)25-30)53-42(47)33-16-8-9-22-44(33)41(46)39(29-12-6-5-7-13-29)31-26-37(50-3)40(51-4)38(27-31)52-23-11-21-43/h10,14-15,18,20,24-27,29,33-34,39,45H,5-9,11-13,16-17,19,21-23H2,1-4H3/t33-,34?,39?/m1/s1. The minimum absolute atomic E-state index is 0.0665. The van der Waals surface area contributed by atoms with Crippen LogP contribution in [0.25, 0.3) is 0 Å². The third-order valence-corrected chi connectivity index (χ3v) is 11.2. The number of phenols is 1. The number of rotatable bonds is 17. The van der Waals surface area contributed by atoms with E-state index < -0.39 is 24.0 Å². The zero-order valence-electron chi connectivity index (χ0n) is 31.4. The fourth-order valence-electron chi connectivity index (χ4n) is 7.75. The Morgan fingerprint density at radius 3 is 2.25 bits per heavy atom. The van der Waals surface area contributed by atoms with Gasteiger partial charge in [-0.3, -0.25) is 4.79 Å². The maximum Gasteiger partial charge on any atom is 0.329 e. The SMILES string of the molecule is COc1ccc(CCC(OC(=O)[C@H]2CCCCN2C(=O)C(c2cc(OC)c(OC)c(OCCCI)c2)C2CCCCC2)c2cccc(O)c2)cc1OC. The molecule has 3 atom stereocenters. The van der Waals surface area contributed by atoms with Gasteiger partial charge in [0.25, 0.3) is 0 Å². The maximum absolute atomic E-state index is 15.0. The van der Waals surface area contributed by atoms with Crippen molar-refractivity contribution in [3.63, 3.8) is 0 Å². The van der Waals surface area contributed by atoms with E-state index in [-0.39, 0.29) is 17.6 Å². The lowest BCUT2D eigenvalue weighted by Gasteiger charge is -2.40. The highest BCUT2D eigenvalue weighted by molar-refractivity contribution is 14.1. The van der Waals surface area contributed by atoms with Crippen LogP contribution < -0.4 is 23.7 Å². The first-order valence-corrected chi connectivity index (χ1v) is 20.3. The average Bonchev–Trinajstić information content (AvgIpc) is 3.19. The molecule has 0 radical (unpaired) electrons. The van der Waals surface area contributed by atoms with E-state index in [4.69, 9.17) is 28.4 Å². The monoisotopic (exact) mass is 843 g/mol. The van der Waals surface area contributed by atoms with Crippen LogP contribution in [0, 0.1) is 5.92 Å². The van der Waals surface area contributed by atoms with E-state index in [2.05, 4.69) is 22.6 Å². The van der Waals surface area contributed by atoms with Gasteiger partial charge in [0, 0.05) is 11.0 Å². The van der Waals surface area contributed by atoms with Crippen LogP contribution in [0.3, 0.4) is 0 Å². The van der Waals surface area contributed by atoms with Crippen molar-refractivity contribution in [3.05, 3.63) is 71.3 Å². The van der Waals surface area contributed by atoms with Gasteiger partial charge in [-0.2, -0.15) is 0 Å². The molecule has 1 aliphatic heterocycles. The molecule has 2 fully saturated rings. The lowest BCUT2D eigenvalue weighted by Crippen LogP contribution is -2.51.